The number of carbonyl (C=O) groups excluding carboxylic acids is 11. The Bertz CT molecular complexity index is 2000. The molecule has 0 unspecified atom stereocenters. The Labute approximate surface area is 451 Å². The fraction of sp³-hybridized carbons (Fsp3) is 0.792. The van der Waals surface area contributed by atoms with E-state index in [1.165, 1.54) is 49.7 Å². The van der Waals surface area contributed by atoms with E-state index in [-0.39, 0.29) is 69.5 Å². The van der Waals surface area contributed by atoms with Crippen LogP contribution >= 0.6 is 0 Å². The number of carbonyl (C=O) groups is 11. The molecule has 0 aromatic heterocycles. The topological polar surface area (TPSA) is 314 Å². The van der Waals surface area contributed by atoms with Gasteiger partial charge in [-0.15, -0.1) is 0 Å². The summed E-state index contributed by atoms with van der Waals surface area (Å²) in [7, 11) is 4.30. The lowest BCUT2D eigenvalue weighted by Gasteiger charge is -2.35. The minimum atomic E-state index is -1.51. The summed E-state index contributed by atoms with van der Waals surface area (Å²) in [6.45, 7) is 23.7. The van der Waals surface area contributed by atoms with Crippen molar-refractivity contribution in [3.63, 3.8) is 0 Å². The molecule has 434 valence electrons. The second-order valence-corrected chi connectivity index (χ2v) is 22.1. The minimum absolute atomic E-state index is 0.0812. The summed E-state index contributed by atoms with van der Waals surface area (Å²) in [4.78, 5) is 155. The number of aliphatic hydroxyl groups is 1. The maximum absolute atomic E-state index is 14.2. The van der Waals surface area contributed by atoms with Gasteiger partial charge in [0.25, 0.3) is 0 Å². The summed E-state index contributed by atoms with van der Waals surface area (Å²) in [6, 6.07) is -9.13. The van der Waals surface area contributed by atoms with Crippen LogP contribution in [0.4, 0.5) is 0 Å². The minimum Gasteiger partial charge on any atom is -0.391 e. The zero-order valence-corrected chi connectivity index (χ0v) is 48.5. The lowest BCUT2D eigenvalue weighted by atomic mass is 9.94. The third-order valence-corrected chi connectivity index (χ3v) is 13.8. The highest BCUT2D eigenvalue weighted by Gasteiger charge is 2.40. The van der Waals surface area contributed by atoms with Crippen LogP contribution in [0.5, 0.6) is 0 Å². The number of aliphatic hydroxyl groups excluding tert-OH is 1. The number of amides is 11. The highest BCUT2D eigenvalue weighted by molar-refractivity contribution is 5.97. The number of rotatable bonds is 11. The van der Waals surface area contributed by atoms with E-state index in [1.54, 1.807) is 41.5 Å². The Morgan fingerprint density at radius 3 is 1.22 bits per heavy atom. The summed E-state index contributed by atoms with van der Waals surface area (Å²) < 4.78 is 0. The van der Waals surface area contributed by atoms with E-state index in [9.17, 15) is 57.8 Å². The van der Waals surface area contributed by atoms with E-state index >= 15 is 0 Å². The van der Waals surface area contributed by atoms with E-state index in [2.05, 4.69) is 42.5 Å². The van der Waals surface area contributed by atoms with Crippen molar-refractivity contribution in [2.75, 3.05) is 40.8 Å². The summed E-state index contributed by atoms with van der Waals surface area (Å²) in [5, 5.41) is 32.2. The molecule has 0 radical (unpaired) electrons. The SMILES string of the molecule is CC[C@H](C)[C@H]1NC(=O)CCNC(=O)[C@H](C(C)C)N(C)C(=O)[C@@H](CC(C)C)NC(=O)CCNC(=O)[C@H]([C@@H](C)O)NC(=O)[C@@H]([C@@H](C)CC)N(C)C(=O)[C@@H](CC(C)C)NC(=O)CCNC(=O)[C@H](C)NC(=O)[C@H](C(C)C)N(C)C1=O. The normalized spacial score (nSPS) is 26.8. The van der Waals surface area contributed by atoms with Gasteiger partial charge in [0.15, 0.2) is 0 Å². The molecule has 0 aromatic rings. The molecule has 1 heterocycles. The molecular formula is C53H95N11O12. The molecule has 23 heteroatoms. The van der Waals surface area contributed by atoms with Crippen LogP contribution in [0.3, 0.4) is 0 Å². The molecule has 0 aromatic carbocycles. The van der Waals surface area contributed by atoms with Crippen LogP contribution in [0, 0.1) is 35.5 Å². The van der Waals surface area contributed by atoms with Gasteiger partial charge in [-0.25, -0.2) is 0 Å². The predicted molar refractivity (Wildman–Crippen MR) is 287 cm³/mol. The molecule has 1 aliphatic heterocycles. The van der Waals surface area contributed by atoms with Crippen molar-refractivity contribution >= 4 is 65.0 Å². The first-order valence-corrected chi connectivity index (χ1v) is 27.1. The molecule has 0 saturated carbocycles. The maximum atomic E-state index is 14.2. The van der Waals surface area contributed by atoms with Crippen molar-refractivity contribution in [3.8, 4) is 0 Å². The summed E-state index contributed by atoms with van der Waals surface area (Å²) in [6.07, 6.45) is -0.935. The van der Waals surface area contributed by atoms with E-state index in [4.69, 9.17) is 0 Å². The molecule has 76 heavy (non-hydrogen) atoms. The number of hydrogen-bond donors (Lipinski definition) is 9. The summed E-state index contributed by atoms with van der Waals surface area (Å²) in [5.74, 6) is -8.75. The van der Waals surface area contributed by atoms with E-state index in [0.717, 1.165) is 0 Å². The van der Waals surface area contributed by atoms with Gasteiger partial charge in [0, 0.05) is 60.0 Å². The molecule has 11 atom stereocenters. The maximum Gasteiger partial charge on any atom is 0.245 e. The molecule has 0 aliphatic carbocycles. The number of likely N-dealkylation sites (N-methyl/N-ethyl adjacent to an activating group) is 3. The highest BCUT2D eigenvalue weighted by Crippen LogP contribution is 2.20. The van der Waals surface area contributed by atoms with Crippen molar-refractivity contribution in [3.05, 3.63) is 0 Å². The molecule has 1 aliphatic rings. The molecule has 11 amide bonds. The van der Waals surface area contributed by atoms with Crippen molar-refractivity contribution < 1.29 is 57.8 Å². The third-order valence-electron chi connectivity index (χ3n) is 13.8. The second-order valence-electron chi connectivity index (χ2n) is 22.1. The Kier molecular flexibility index (Phi) is 29.3. The van der Waals surface area contributed by atoms with Crippen LogP contribution in [0.1, 0.15) is 142 Å². The van der Waals surface area contributed by atoms with Gasteiger partial charge >= 0.3 is 0 Å². The quantitative estimate of drug-likeness (QED) is 0.135. The van der Waals surface area contributed by atoms with Gasteiger partial charge in [-0.3, -0.25) is 52.7 Å². The molecular weight excluding hydrogens is 983 g/mol. The van der Waals surface area contributed by atoms with Gasteiger partial charge in [0.1, 0.15) is 48.3 Å². The number of nitrogens with zero attached hydrogens (tertiary/aromatic N) is 3. The first-order chi connectivity index (χ1) is 35.3. The van der Waals surface area contributed by atoms with Crippen molar-refractivity contribution in [1.29, 1.82) is 0 Å². The van der Waals surface area contributed by atoms with Gasteiger partial charge in [-0.2, -0.15) is 0 Å². The largest absolute Gasteiger partial charge is 0.391 e. The van der Waals surface area contributed by atoms with Crippen molar-refractivity contribution in [2.24, 2.45) is 35.5 Å². The van der Waals surface area contributed by atoms with Crippen LogP contribution < -0.4 is 42.5 Å². The number of nitrogens with one attached hydrogen (secondary N) is 8. The predicted octanol–water partition coefficient (Wildman–Crippen LogP) is 0.321. The fourth-order valence-electron chi connectivity index (χ4n) is 9.13. The summed E-state index contributed by atoms with van der Waals surface area (Å²) >= 11 is 0. The van der Waals surface area contributed by atoms with Crippen LogP contribution in [-0.4, -0.2) is 180 Å². The van der Waals surface area contributed by atoms with Crippen LogP contribution in [0.15, 0.2) is 0 Å². The first kappa shape index (κ1) is 68.1. The molecule has 0 spiro atoms. The van der Waals surface area contributed by atoms with E-state index < -0.39 is 137 Å². The Morgan fingerprint density at radius 1 is 0.447 bits per heavy atom. The van der Waals surface area contributed by atoms with E-state index in [1.807, 2.05) is 41.5 Å². The smallest absolute Gasteiger partial charge is 0.245 e. The lowest BCUT2D eigenvalue weighted by Crippen LogP contribution is -2.61. The average molecular weight is 1080 g/mol. The molecule has 1 fully saturated rings. The molecule has 0 bridgehead atoms. The van der Waals surface area contributed by atoms with Gasteiger partial charge in [-0.1, -0.05) is 95.9 Å². The van der Waals surface area contributed by atoms with Crippen LogP contribution in [0.25, 0.3) is 0 Å². The Balaban J connectivity index is 3.73. The number of hydrogen-bond acceptors (Lipinski definition) is 12. The lowest BCUT2D eigenvalue weighted by molar-refractivity contribution is -0.145. The zero-order chi connectivity index (χ0) is 58.5. The molecule has 23 nitrogen and oxygen atoms in total. The Hall–Kier alpha value is -5.87. The van der Waals surface area contributed by atoms with Crippen LogP contribution in [0.2, 0.25) is 0 Å². The monoisotopic (exact) mass is 1080 g/mol. The zero-order valence-electron chi connectivity index (χ0n) is 48.5. The van der Waals surface area contributed by atoms with E-state index in [0.29, 0.717) is 12.8 Å². The molecule has 9 N–H and O–H groups in total. The second kappa shape index (κ2) is 32.7. The van der Waals surface area contributed by atoms with Gasteiger partial charge in [-0.05, 0) is 62.2 Å². The average Bonchev–Trinajstić information content (AvgIpc) is 3.32. The van der Waals surface area contributed by atoms with Gasteiger partial charge in [0.2, 0.25) is 65.0 Å². The molecule has 1 rings (SSSR count). The Morgan fingerprint density at radius 2 is 0.816 bits per heavy atom. The fourth-order valence-corrected chi connectivity index (χ4v) is 9.13. The highest BCUT2D eigenvalue weighted by atomic mass is 16.3. The van der Waals surface area contributed by atoms with Gasteiger partial charge in [0.05, 0.1) is 6.10 Å². The summed E-state index contributed by atoms with van der Waals surface area (Å²) in [5.41, 5.74) is 0. The first-order valence-electron chi connectivity index (χ1n) is 27.1. The molecule has 1 saturated heterocycles. The van der Waals surface area contributed by atoms with Crippen molar-refractivity contribution in [2.45, 2.75) is 196 Å². The van der Waals surface area contributed by atoms with Crippen molar-refractivity contribution in [1.82, 2.24) is 57.2 Å². The standard InChI is InChI=1S/C53H95N11O12/c1-18-32(11)41-53(76)63(16)44(31(9)10)49(72)57-34(13)46(69)54-23-20-38(66)59-37(27-29(5)6)52(75)64(17)45(33(12)19-2)50(73)61-42(35(14)65)47(70)55-24-21-39(67)58-36(26-28(3)4)51(74)62(15)43(30(7)8)48(71)56-25-22-40(68)60-41/h28-37,41-45,65H,18-27H2,1-17H3,(H,54,69)(H,55,70)(H,56,71)(H,57,72)(H,58,67)(H,59,66)(H,60,68)(H,61,73)/t32-,33-,34-,35+,36+,37+,41+,42-,43-,44-,45+/m0/s1. The van der Waals surface area contributed by atoms with Crippen LogP contribution in [-0.2, 0) is 52.7 Å². The van der Waals surface area contributed by atoms with Gasteiger partial charge < -0.3 is 62.3 Å². The third kappa shape index (κ3) is 21.3.